The Bertz CT molecular complexity index is 590. The van der Waals surface area contributed by atoms with Crippen molar-refractivity contribution >= 4 is 33.0 Å². The molecule has 0 fully saturated rings. The largest absolute Gasteiger partial charge is 0.492 e. The standard InChI is InChI=1S/C14H14BrFN2O/c1-2-19-14-8-10(4-5-12(14)17)18-13-6-3-9(16)7-11(13)15/h3-8,18H,2,17H2,1H3. The molecule has 2 rings (SSSR count). The van der Waals surface area contributed by atoms with Crippen molar-refractivity contribution in [3.05, 3.63) is 46.7 Å². The third kappa shape index (κ3) is 3.38. The zero-order valence-corrected chi connectivity index (χ0v) is 12.0. The number of hydrogen-bond donors (Lipinski definition) is 2. The van der Waals surface area contributed by atoms with Crippen molar-refractivity contribution in [1.82, 2.24) is 0 Å². The van der Waals surface area contributed by atoms with Gasteiger partial charge >= 0.3 is 0 Å². The number of anilines is 3. The van der Waals surface area contributed by atoms with Crippen LogP contribution >= 0.6 is 15.9 Å². The Morgan fingerprint density at radius 2 is 2.05 bits per heavy atom. The average molecular weight is 325 g/mol. The molecule has 2 aromatic carbocycles. The molecule has 0 unspecified atom stereocenters. The number of nitrogens with one attached hydrogen (secondary N) is 1. The zero-order valence-electron chi connectivity index (χ0n) is 10.4. The second kappa shape index (κ2) is 5.93. The summed E-state index contributed by atoms with van der Waals surface area (Å²) in [6.07, 6.45) is 0. The van der Waals surface area contributed by atoms with Gasteiger partial charge in [0.1, 0.15) is 11.6 Å². The number of nitrogen functional groups attached to an aromatic ring is 1. The third-order valence-electron chi connectivity index (χ3n) is 2.52. The van der Waals surface area contributed by atoms with Gasteiger partial charge in [-0.3, -0.25) is 0 Å². The normalized spacial score (nSPS) is 10.3. The van der Waals surface area contributed by atoms with Crippen LogP contribution in [0, 0.1) is 5.82 Å². The highest BCUT2D eigenvalue weighted by molar-refractivity contribution is 9.10. The summed E-state index contributed by atoms with van der Waals surface area (Å²) in [6.45, 7) is 2.45. The molecule has 0 spiro atoms. The van der Waals surface area contributed by atoms with Crippen molar-refractivity contribution in [3.8, 4) is 5.75 Å². The van der Waals surface area contributed by atoms with Crippen LogP contribution in [0.5, 0.6) is 5.75 Å². The lowest BCUT2D eigenvalue weighted by Crippen LogP contribution is -1.98. The predicted molar refractivity (Wildman–Crippen MR) is 79.4 cm³/mol. The van der Waals surface area contributed by atoms with Gasteiger partial charge < -0.3 is 15.8 Å². The minimum Gasteiger partial charge on any atom is -0.492 e. The molecule has 19 heavy (non-hydrogen) atoms. The highest BCUT2D eigenvalue weighted by Gasteiger charge is 2.05. The van der Waals surface area contributed by atoms with Gasteiger partial charge in [0.15, 0.2) is 0 Å². The summed E-state index contributed by atoms with van der Waals surface area (Å²) in [5.41, 5.74) is 7.99. The molecule has 0 amide bonds. The smallest absolute Gasteiger partial charge is 0.144 e. The molecule has 3 nitrogen and oxygen atoms in total. The van der Waals surface area contributed by atoms with Crippen molar-refractivity contribution in [2.45, 2.75) is 6.92 Å². The zero-order chi connectivity index (χ0) is 13.8. The van der Waals surface area contributed by atoms with Crippen molar-refractivity contribution in [1.29, 1.82) is 0 Å². The maximum atomic E-state index is 13.0. The first-order valence-corrected chi connectivity index (χ1v) is 6.64. The van der Waals surface area contributed by atoms with Crippen molar-refractivity contribution in [2.24, 2.45) is 0 Å². The molecule has 0 aliphatic carbocycles. The van der Waals surface area contributed by atoms with Crippen LogP contribution in [-0.2, 0) is 0 Å². The van der Waals surface area contributed by atoms with Crippen molar-refractivity contribution < 1.29 is 9.13 Å². The van der Waals surface area contributed by atoms with Crippen LogP contribution in [0.4, 0.5) is 21.5 Å². The fraction of sp³-hybridized carbons (Fsp3) is 0.143. The summed E-state index contributed by atoms with van der Waals surface area (Å²) in [5, 5.41) is 3.18. The Morgan fingerprint density at radius 3 is 2.74 bits per heavy atom. The average Bonchev–Trinajstić information content (AvgIpc) is 2.37. The van der Waals surface area contributed by atoms with E-state index < -0.39 is 0 Å². The van der Waals surface area contributed by atoms with E-state index in [9.17, 15) is 4.39 Å². The van der Waals surface area contributed by atoms with Crippen LogP contribution in [0.15, 0.2) is 40.9 Å². The van der Waals surface area contributed by atoms with Gasteiger partial charge in [-0.15, -0.1) is 0 Å². The maximum Gasteiger partial charge on any atom is 0.144 e. The Morgan fingerprint density at radius 1 is 1.26 bits per heavy atom. The van der Waals surface area contributed by atoms with Gasteiger partial charge in [0, 0.05) is 16.2 Å². The molecule has 0 aliphatic rings. The number of hydrogen-bond acceptors (Lipinski definition) is 3. The molecule has 2 aromatic rings. The summed E-state index contributed by atoms with van der Waals surface area (Å²) < 4.78 is 19.1. The summed E-state index contributed by atoms with van der Waals surface area (Å²) in [5.74, 6) is 0.343. The fourth-order valence-electron chi connectivity index (χ4n) is 1.64. The Kier molecular flexibility index (Phi) is 4.27. The molecule has 0 saturated heterocycles. The van der Waals surface area contributed by atoms with E-state index in [0.29, 0.717) is 22.5 Å². The molecule has 0 radical (unpaired) electrons. The summed E-state index contributed by atoms with van der Waals surface area (Å²) in [6, 6.07) is 9.89. The molecule has 0 aliphatic heterocycles. The van der Waals surface area contributed by atoms with Gasteiger partial charge in [0.25, 0.3) is 0 Å². The van der Waals surface area contributed by atoms with Crippen molar-refractivity contribution in [3.63, 3.8) is 0 Å². The quantitative estimate of drug-likeness (QED) is 0.824. The van der Waals surface area contributed by atoms with E-state index in [-0.39, 0.29) is 5.82 Å². The van der Waals surface area contributed by atoms with Crippen LogP contribution in [0.2, 0.25) is 0 Å². The molecule has 0 aromatic heterocycles. The predicted octanol–water partition coefficient (Wildman–Crippen LogP) is 4.31. The number of rotatable bonds is 4. The van der Waals surface area contributed by atoms with Gasteiger partial charge in [-0.25, -0.2) is 4.39 Å². The third-order valence-corrected chi connectivity index (χ3v) is 3.18. The van der Waals surface area contributed by atoms with Crippen LogP contribution < -0.4 is 15.8 Å². The first-order valence-electron chi connectivity index (χ1n) is 5.84. The topological polar surface area (TPSA) is 47.3 Å². The van der Waals surface area contributed by atoms with Gasteiger partial charge in [0.05, 0.1) is 18.0 Å². The lowest BCUT2D eigenvalue weighted by atomic mass is 10.2. The first-order chi connectivity index (χ1) is 9.10. The van der Waals surface area contributed by atoms with Gasteiger partial charge in [-0.1, -0.05) is 0 Å². The van der Waals surface area contributed by atoms with E-state index in [0.717, 1.165) is 11.4 Å². The summed E-state index contributed by atoms with van der Waals surface area (Å²) in [7, 11) is 0. The van der Waals surface area contributed by atoms with Crippen LogP contribution in [0.3, 0.4) is 0 Å². The van der Waals surface area contributed by atoms with E-state index in [1.807, 2.05) is 19.1 Å². The highest BCUT2D eigenvalue weighted by atomic mass is 79.9. The molecular weight excluding hydrogens is 311 g/mol. The summed E-state index contributed by atoms with van der Waals surface area (Å²) >= 11 is 3.31. The van der Waals surface area contributed by atoms with Gasteiger partial charge in [-0.2, -0.15) is 0 Å². The van der Waals surface area contributed by atoms with E-state index >= 15 is 0 Å². The minimum atomic E-state index is -0.287. The van der Waals surface area contributed by atoms with Gasteiger partial charge in [-0.05, 0) is 53.2 Å². The van der Waals surface area contributed by atoms with E-state index in [2.05, 4.69) is 21.2 Å². The molecule has 0 saturated carbocycles. The lowest BCUT2D eigenvalue weighted by Gasteiger charge is -2.12. The lowest BCUT2D eigenvalue weighted by molar-refractivity contribution is 0.342. The number of nitrogens with two attached hydrogens (primary N) is 1. The monoisotopic (exact) mass is 324 g/mol. The molecule has 100 valence electrons. The molecule has 0 atom stereocenters. The second-order valence-corrected chi connectivity index (χ2v) is 4.79. The Balaban J connectivity index is 2.25. The van der Waals surface area contributed by atoms with Crippen molar-refractivity contribution in [2.75, 3.05) is 17.7 Å². The Hall–Kier alpha value is -1.75. The number of benzene rings is 2. The molecule has 5 heteroatoms. The SMILES string of the molecule is CCOc1cc(Nc2ccc(F)cc2Br)ccc1N. The van der Waals surface area contributed by atoms with Gasteiger partial charge in [0.2, 0.25) is 0 Å². The van der Waals surface area contributed by atoms with Crippen LogP contribution in [0.1, 0.15) is 6.92 Å². The van der Waals surface area contributed by atoms with E-state index in [4.69, 9.17) is 10.5 Å². The van der Waals surface area contributed by atoms with E-state index in [1.54, 1.807) is 12.1 Å². The Labute approximate surface area is 119 Å². The maximum absolute atomic E-state index is 13.0. The fourth-order valence-corrected chi connectivity index (χ4v) is 2.09. The highest BCUT2D eigenvalue weighted by Crippen LogP contribution is 2.30. The number of halogens is 2. The molecular formula is C14H14BrFN2O. The van der Waals surface area contributed by atoms with Crippen LogP contribution in [0.25, 0.3) is 0 Å². The molecule has 0 heterocycles. The second-order valence-electron chi connectivity index (χ2n) is 3.93. The molecule has 0 bridgehead atoms. The minimum absolute atomic E-state index is 0.287. The van der Waals surface area contributed by atoms with E-state index in [1.165, 1.54) is 12.1 Å². The first kappa shape index (κ1) is 13.7. The molecule has 3 N–H and O–H groups in total. The number of ether oxygens (including phenoxy) is 1. The summed E-state index contributed by atoms with van der Waals surface area (Å²) in [4.78, 5) is 0. The van der Waals surface area contributed by atoms with Crippen LogP contribution in [-0.4, -0.2) is 6.61 Å².